The highest BCUT2D eigenvalue weighted by molar-refractivity contribution is 7.92. The van der Waals surface area contributed by atoms with E-state index in [1.165, 1.54) is 12.1 Å². The molecular formula is C13H17FN2O4S. The number of ether oxygens (including phenoxy) is 1. The average molecular weight is 316 g/mol. The molecule has 21 heavy (non-hydrogen) atoms. The number of nitrogen functional groups attached to an aromatic ring is 1. The molecule has 1 aliphatic rings. The molecule has 1 aromatic rings. The van der Waals surface area contributed by atoms with Crippen LogP contribution in [0.15, 0.2) is 18.2 Å². The van der Waals surface area contributed by atoms with Crippen molar-refractivity contribution >= 4 is 27.1 Å². The van der Waals surface area contributed by atoms with Crippen LogP contribution >= 0.6 is 0 Å². The number of sulfone groups is 1. The zero-order valence-electron chi connectivity index (χ0n) is 11.3. The summed E-state index contributed by atoms with van der Waals surface area (Å²) in [6, 6.07) is 3.65. The van der Waals surface area contributed by atoms with Gasteiger partial charge in [-0.05, 0) is 31.0 Å². The van der Waals surface area contributed by atoms with Crippen LogP contribution in [-0.2, 0) is 19.4 Å². The van der Waals surface area contributed by atoms with Gasteiger partial charge in [0.1, 0.15) is 11.6 Å². The molecule has 1 unspecified atom stereocenters. The van der Waals surface area contributed by atoms with Crippen LogP contribution in [0.25, 0.3) is 0 Å². The van der Waals surface area contributed by atoms with Crippen molar-refractivity contribution in [3.05, 3.63) is 24.0 Å². The minimum Gasteiger partial charge on any atom is -0.396 e. The Kier molecular flexibility index (Phi) is 4.79. The number of hydrogen-bond acceptors (Lipinski definition) is 5. The molecule has 0 aliphatic carbocycles. The Bertz CT molecular complexity index is 627. The summed E-state index contributed by atoms with van der Waals surface area (Å²) in [6.07, 6.45) is 1.20. The molecule has 1 aliphatic heterocycles. The summed E-state index contributed by atoms with van der Waals surface area (Å²) in [5.41, 5.74) is 5.51. The van der Waals surface area contributed by atoms with Crippen molar-refractivity contribution in [2.45, 2.75) is 18.9 Å². The van der Waals surface area contributed by atoms with Crippen molar-refractivity contribution < 1.29 is 22.3 Å². The Balaban J connectivity index is 1.92. The van der Waals surface area contributed by atoms with E-state index in [1.54, 1.807) is 0 Å². The Morgan fingerprint density at radius 3 is 2.86 bits per heavy atom. The highest BCUT2D eigenvalue weighted by atomic mass is 32.2. The molecule has 8 heteroatoms. The van der Waals surface area contributed by atoms with Gasteiger partial charge in [-0.25, -0.2) is 12.8 Å². The van der Waals surface area contributed by atoms with E-state index >= 15 is 0 Å². The van der Waals surface area contributed by atoms with Crippen LogP contribution < -0.4 is 11.1 Å². The Labute approximate surface area is 122 Å². The van der Waals surface area contributed by atoms with Gasteiger partial charge >= 0.3 is 0 Å². The van der Waals surface area contributed by atoms with Gasteiger partial charge in [-0.2, -0.15) is 0 Å². The normalized spacial score (nSPS) is 18.6. The van der Waals surface area contributed by atoms with Crippen LogP contribution in [0.1, 0.15) is 12.8 Å². The highest BCUT2D eigenvalue weighted by Gasteiger charge is 2.25. The van der Waals surface area contributed by atoms with Gasteiger partial charge in [0.15, 0.2) is 9.84 Å². The Morgan fingerprint density at radius 1 is 1.48 bits per heavy atom. The molecule has 1 fully saturated rings. The SMILES string of the molecule is Nc1cc(NC(=O)CS(=O)(=O)CC2CCCO2)ccc1F. The van der Waals surface area contributed by atoms with Crippen LogP contribution in [0.4, 0.5) is 15.8 Å². The Morgan fingerprint density at radius 2 is 2.24 bits per heavy atom. The monoisotopic (exact) mass is 316 g/mol. The van der Waals surface area contributed by atoms with Crippen molar-refractivity contribution in [2.75, 3.05) is 29.2 Å². The van der Waals surface area contributed by atoms with Gasteiger partial charge in [-0.15, -0.1) is 0 Å². The van der Waals surface area contributed by atoms with Crippen LogP contribution in [0, 0.1) is 5.82 Å². The molecule has 1 saturated heterocycles. The van der Waals surface area contributed by atoms with Gasteiger partial charge < -0.3 is 15.8 Å². The number of halogens is 1. The summed E-state index contributed by atoms with van der Waals surface area (Å²) in [6.45, 7) is 0.557. The van der Waals surface area contributed by atoms with E-state index in [0.29, 0.717) is 13.0 Å². The van der Waals surface area contributed by atoms with Gasteiger partial charge in [0.25, 0.3) is 0 Å². The Hall–Kier alpha value is -1.67. The van der Waals surface area contributed by atoms with Gasteiger partial charge in [0, 0.05) is 12.3 Å². The van der Waals surface area contributed by atoms with E-state index in [4.69, 9.17) is 10.5 Å². The molecular weight excluding hydrogens is 299 g/mol. The van der Waals surface area contributed by atoms with E-state index in [1.807, 2.05) is 0 Å². The van der Waals surface area contributed by atoms with Crippen molar-refractivity contribution in [3.8, 4) is 0 Å². The van der Waals surface area contributed by atoms with E-state index in [9.17, 15) is 17.6 Å². The maximum Gasteiger partial charge on any atom is 0.239 e. The fraction of sp³-hybridized carbons (Fsp3) is 0.462. The van der Waals surface area contributed by atoms with Crippen molar-refractivity contribution in [2.24, 2.45) is 0 Å². The number of carbonyl (C=O) groups is 1. The minimum atomic E-state index is -3.54. The zero-order valence-corrected chi connectivity index (χ0v) is 12.2. The number of hydrogen-bond donors (Lipinski definition) is 2. The molecule has 0 saturated carbocycles. The number of nitrogens with two attached hydrogens (primary N) is 1. The predicted octanol–water partition coefficient (Wildman–Crippen LogP) is 0.940. The van der Waals surface area contributed by atoms with E-state index < -0.39 is 27.3 Å². The second-order valence-electron chi connectivity index (χ2n) is 4.97. The third-order valence-corrected chi connectivity index (χ3v) is 4.68. The van der Waals surface area contributed by atoms with Crippen molar-refractivity contribution in [1.82, 2.24) is 0 Å². The number of benzene rings is 1. The molecule has 0 spiro atoms. The van der Waals surface area contributed by atoms with Crippen molar-refractivity contribution in [3.63, 3.8) is 0 Å². The van der Waals surface area contributed by atoms with Crippen LogP contribution in [0.2, 0.25) is 0 Å². The largest absolute Gasteiger partial charge is 0.396 e. The van der Waals surface area contributed by atoms with Crippen LogP contribution in [-0.4, -0.2) is 38.5 Å². The first-order valence-corrected chi connectivity index (χ1v) is 8.35. The summed E-state index contributed by atoms with van der Waals surface area (Å²) < 4.78 is 42.0. The minimum absolute atomic E-state index is 0.116. The van der Waals surface area contributed by atoms with Gasteiger partial charge in [0.2, 0.25) is 5.91 Å². The summed E-state index contributed by atoms with van der Waals surface area (Å²) >= 11 is 0. The number of rotatable bonds is 5. The summed E-state index contributed by atoms with van der Waals surface area (Å²) in [5, 5.41) is 2.39. The van der Waals surface area contributed by atoms with Gasteiger partial charge in [-0.3, -0.25) is 4.79 Å². The number of carbonyl (C=O) groups excluding carboxylic acids is 1. The van der Waals surface area contributed by atoms with E-state index in [-0.39, 0.29) is 23.2 Å². The standard InChI is InChI=1S/C13H17FN2O4S/c14-11-4-3-9(6-12(11)15)16-13(17)8-21(18,19)7-10-2-1-5-20-10/h3-4,6,10H,1-2,5,7-8,15H2,(H,16,17). The smallest absolute Gasteiger partial charge is 0.239 e. The molecule has 0 radical (unpaired) electrons. The van der Waals surface area contributed by atoms with Crippen LogP contribution in [0.3, 0.4) is 0 Å². The first-order valence-electron chi connectivity index (χ1n) is 6.52. The lowest BCUT2D eigenvalue weighted by Gasteiger charge is -2.10. The lowest BCUT2D eigenvalue weighted by atomic mass is 10.2. The number of nitrogens with one attached hydrogen (secondary N) is 1. The van der Waals surface area contributed by atoms with E-state index in [0.717, 1.165) is 12.5 Å². The molecule has 116 valence electrons. The molecule has 3 N–H and O–H groups in total. The van der Waals surface area contributed by atoms with E-state index in [2.05, 4.69) is 5.32 Å². The highest BCUT2D eigenvalue weighted by Crippen LogP contribution is 2.17. The first kappa shape index (κ1) is 15.7. The predicted molar refractivity (Wildman–Crippen MR) is 77.1 cm³/mol. The lowest BCUT2D eigenvalue weighted by molar-refractivity contribution is -0.113. The molecule has 6 nitrogen and oxygen atoms in total. The average Bonchev–Trinajstić information content (AvgIpc) is 2.85. The fourth-order valence-electron chi connectivity index (χ4n) is 2.14. The second-order valence-corrected chi connectivity index (χ2v) is 7.08. The zero-order chi connectivity index (χ0) is 15.5. The second kappa shape index (κ2) is 6.40. The summed E-state index contributed by atoms with van der Waals surface area (Å²) in [4.78, 5) is 11.7. The number of amides is 1. The molecule has 1 heterocycles. The fourth-order valence-corrected chi connectivity index (χ4v) is 3.56. The topological polar surface area (TPSA) is 98.5 Å². The maximum atomic E-state index is 13.0. The molecule has 0 aromatic heterocycles. The lowest BCUT2D eigenvalue weighted by Crippen LogP contribution is -2.29. The molecule has 2 rings (SSSR count). The molecule has 1 amide bonds. The van der Waals surface area contributed by atoms with Gasteiger partial charge in [0.05, 0.1) is 17.5 Å². The summed E-state index contributed by atoms with van der Waals surface area (Å²) in [5.74, 6) is -2.08. The van der Waals surface area contributed by atoms with Crippen LogP contribution in [0.5, 0.6) is 0 Å². The third kappa shape index (κ3) is 4.68. The molecule has 1 atom stereocenters. The molecule has 1 aromatic carbocycles. The maximum absolute atomic E-state index is 13.0. The third-order valence-electron chi connectivity index (χ3n) is 3.09. The quantitative estimate of drug-likeness (QED) is 0.788. The van der Waals surface area contributed by atoms with Gasteiger partial charge in [-0.1, -0.05) is 0 Å². The summed E-state index contributed by atoms with van der Waals surface area (Å²) in [7, 11) is -3.54. The number of anilines is 2. The first-order chi connectivity index (χ1) is 9.85. The molecule has 0 bridgehead atoms. The van der Waals surface area contributed by atoms with Crippen molar-refractivity contribution in [1.29, 1.82) is 0 Å².